The van der Waals surface area contributed by atoms with Gasteiger partial charge in [-0.3, -0.25) is 0 Å². The number of aliphatic imine (C=N–C) groups is 1. The summed E-state index contributed by atoms with van der Waals surface area (Å²) in [7, 11) is 0. The summed E-state index contributed by atoms with van der Waals surface area (Å²) >= 11 is 0. The van der Waals surface area contributed by atoms with Crippen LogP contribution in [0.2, 0.25) is 0 Å². The number of furan rings is 1. The molecular formula is C20H34IN3O2. The zero-order chi connectivity index (χ0) is 18.1. The molecule has 1 saturated carbocycles. The first-order valence-corrected chi connectivity index (χ1v) is 9.40. The van der Waals surface area contributed by atoms with Crippen molar-refractivity contribution in [3.63, 3.8) is 0 Å². The van der Waals surface area contributed by atoms with Crippen LogP contribution in [0.4, 0.5) is 0 Å². The summed E-state index contributed by atoms with van der Waals surface area (Å²) in [5.74, 6) is 1.85. The standard InChI is InChI=1S/C20H33N3O2.HI/c1-15(2)14-22-20(21-12-11-18-6-5-13-24-18)23-17-7-9-19(10-8-17)25-16(3)4;/h5-6,13,16-17,19H,1,7-12,14H2,2-4H3,(H2,21,22,23);1H. The van der Waals surface area contributed by atoms with Crippen LogP contribution in [0.3, 0.4) is 0 Å². The Hall–Kier alpha value is -1.02. The second kappa shape index (κ2) is 12.4. The Morgan fingerprint density at radius 2 is 2.08 bits per heavy atom. The lowest BCUT2D eigenvalue weighted by Gasteiger charge is -2.31. The number of hydrogen-bond acceptors (Lipinski definition) is 3. The molecule has 2 rings (SSSR count). The van der Waals surface area contributed by atoms with Crippen LogP contribution in [0, 0.1) is 0 Å². The largest absolute Gasteiger partial charge is 0.469 e. The lowest BCUT2D eigenvalue weighted by atomic mass is 9.93. The van der Waals surface area contributed by atoms with Crippen molar-refractivity contribution < 1.29 is 9.15 Å². The maximum absolute atomic E-state index is 5.93. The highest BCUT2D eigenvalue weighted by Gasteiger charge is 2.23. The van der Waals surface area contributed by atoms with Crippen molar-refractivity contribution >= 4 is 29.9 Å². The average molecular weight is 475 g/mol. The van der Waals surface area contributed by atoms with E-state index in [0.717, 1.165) is 55.9 Å². The van der Waals surface area contributed by atoms with E-state index in [1.54, 1.807) is 6.26 Å². The number of nitrogens with one attached hydrogen (secondary N) is 2. The van der Waals surface area contributed by atoms with Crippen LogP contribution in [0.5, 0.6) is 0 Å². The zero-order valence-electron chi connectivity index (χ0n) is 16.3. The Morgan fingerprint density at radius 3 is 2.65 bits per heavy atom. The third-order valence-corrected chi connectivity index (χ3v) is 4.23. The number of ether oxygens (including phenoxy) is 1. The van der Waals surface area contributed by atoms with E-state index in [-0.39, 0.29) is 24.0 Å². The first-order valence-electron chi connectivity index (χ1n) is 9.40. The molecule has 1 aromatic rings. The number of rotatable bonds is 8. The van der Waals surface area contributed by atoms with E-state index in [0.29, 0.717) is 24.8 Å². The molecule has 148 valence electrons. The molecule has 1 aliphatic carbocycles. The van der Waals surface area contributed by atoms with E-state index < -0.39 is 0 Å². The smallest absolute Gasteiger partial charge is 0.191 e. The Kier molecular flexibility index (Phi) is 11.0. The van der Waals surface area contributed by atoms with Crippen LogP contribution < -0.4 is 10.6 Å². The van der Waals surface area contributed by atoms with Crippen molar-refractivity contribution in [2.45, 2.75) is 71.1 Å². The van der Waals surface area contributed by atoms with Gasteiger partial charge in [-0.2, -0.15) is 0 Å². The molecule has 0 unspecified atom stereocenters. The molecule has 26 heavy (non-hydrogen) atoms. The Morgan fingerprint density at radius 1 is 1.35 bits per heavy atom. The van der Waals surface area contributed by atoms with Crippen LogP contribution in [0.15, 0.2) is 40.0 Å². The molecule has 5 nitrogen and oxygen atoms in total. The maximum atomic E-state index is 5.93. The van der Waals surface area contributed by atoms with Crippen molar-refractivity contribution in [2.24, 2.45) is 4.99 Å². The Labute approximate surface area is 175 Å². The molecule has 0 amide bonds. The van der Waals surface area contributed by atoms with Crippen molar-refractivity contribution in [1.29, 1.82) is 0 Å². The molecule has 1 fully saturated rings. The van der Waals surface area contributed by atoms with E-state index in [9.17, 15) is 0 Å². The minimum absolute atomic E-state index is 0. The zero-order valence-corrected chi connectivity index (χ0v) is 18.6. The van der Waals surface area contributed by atoms with Gasteiger partial charge in [0.2, 0.25) is 0 Å². The van der Waals surface area contributed by atoms with E-state index in [2.05, 4.69) is 36.1 Å². The number of halogens is 1. The van der Waals surface area contributed by atoms with Crippen LogP contribution in [-0.2, 0) is 11.2 Å². The summed E-state index contributed by atoms with van der Waals surface area (Å²) in [6, 6.07) is 4.36. The lowest BCUT2D eigenvalue weighted by molar-refractivity contribution is -0.0152. The van der Waals surface area contributed by atoms with Crippen LogP contribution >= 0.6 is 24.0 Å². The topological polar surface area (TPSA) is 58.8 Å². The maximum Gasteiger partial charge on any atom is 0.191 e. The molecule has 6 heteroatoms. The van der Waals surface area contributed by atoms with E-state index in [1.165, 1.54) is 0 Å². The number of nitrogens with zero attached hydrogens (tertiary/aromatic N) is 1. The molecule has 0 radical (unpaired) electrons. The summed E-state index contributed by atoms with van der Waals surface area (Å²) in [6.45, 7) is 11.6. The summed E-state index contributed by atoms with van der Waals surface area (Å²) in [5, 5.41) is 6.99. The molecule has 1 aliphatic rings. The quantitative estimate of drug-likeness (QED) is 0.255. The minimum atomic E-state index is 0. The highest BCUT2D eigenvalue weighted by Crippen LogP contribution is 2.22. The third kappa shape index (κ3) is 9.07. The highest BCUT2D eigenvalue weighted by molar-refractivity contribution is 14.0. The van der Waals surface area contributed by atoms with Gasteiger partial charge in [-0.25, -0.2) is 4.99 Å². The van der Waals surface area contributed by atoms with Crippen LogP contribution in [0.25, 0.3) is 0 Å². The monoisotopic (exact) mass is 475 g/mol. The van der Waals surface area contributed by atoms with Crippen molar-refractivity contribution in [3.8, 4) is 0 Å². The van der Waals surface area contributed by atoms with E-state index in [4.69, 9.17) is 9.15 Å². The summed E-state index contributed by atoms with van der Waals surface area (Å²) in [4.78, 5) is 4.64. The lowest BCUT2D eigenvalue weighted by Crippen LogP contribution is -2.46. The molecule has 0 spiro atoms. The predicted octanol–water partition coefficient (Wildman–Crippen LogP) is 4.29. The fraction of sp³-hybridized carbons (Fsp3) is 0.650. The molecule has 0 saturated heterocycles. The molecule has 1 heterocycles. The summed E-state index contributed by atoms with van der Waals surface area (Å²) < 4.78 is 11.3. The van der Waals surface area contributed by atoms with Crippen molar-refractivity contribution in [1.82, 2.24) is 10.6 Å². The van der Waals surface area contributed by atoms with Gasteiger partial charge in [0.05, 0.1) is 25.0 Å². The number of hydrogen-bond donors (Lipinski definition) is 2. The Bertz CT molecular complexity index is 535. The van der Waals surface area contributed by atoms with Gasteiger partial charge in [0.15, 0.2) is 5.96 Å². The van der Waals surface area contributed by atoms with E-state index >= 15 is 0 Å². The summed E-state index contributed by atoms with van der Waals surface area (Å²) in [5.41, 5.74) is 1.06. The van der Waals surface area contributed by atoms with E-state index in [1.807, 2.05) is 19.1 Å². The molecule has 0 bridgehead atoms. The third-order valence-electron chi connectivity index (χ3n) is 4.23. The van der Waals surface area contributed by atoms with Gasteiger partial charge in [-0.1, -0.05) is 12.2 Å². The molecule has 1 aromatic heterocycles. The second-order valence-electron chi connectivity index (χ2n) is 7.18. The van der Waals surface area contributed by atoms with Gasteiger partial charge in [0.25, 0.3) is 0 Å². The van der Waals surface area contributed by atoms with Gasteiger partial charge in [-0.05, 0) is 58.6 Å². The average Bonchev–Trinajstić information content (AvgIpc) is 3.07. The second-order valence-corrected chi connectivity index (χ2v) is 7.18. The Balaban J connectivity index is 0.00000338. The van der Waals surface area contributed by atoms with Gasteiger partial charge in [0.1, 0.15) is 5.76 Å². The first-order chi connectivity index (χ1) is 12.0. The molecule has 0 aromatic carbocycles. The van der Waals surface area contributed by atoms with Gasteiger partial charge in [-0.15, -0.1) is 24.0 Å². The SMILES string of the molecule is C=C(C)CN=C(NCCc1ccco1)NC1CCC(OC(C)C)CC1.I. The van der Waals surface area contributed by atoms with Gasteiger partial charge in [0, 0.05) is 19.0 Å². The molecule has 2 N–H and O–H groups in total. The predicted molar refractivity (Wildman–Crippen MR) is 118 cm³/mol. The fourth-order valence-corrected chi connectivity index (χ4v) is 3.05. The van der Waals surface area contributed by atoms with Gasteiger partial charge >= 0.3 is 0 Å². The van der Waals surface area contributed by atoms with Gasteiger partial charge < -0.3 is 19.8 Å². The van der Waals surface area contributed by atoms with Crippen LogP contribution in [0.1, 0.15) is 52.2 Å². The summed E-state index contributed by atoms with van der Waals surface area (Å²) in [6.07, 6.45) is 7.71. The number of guanidine groups is 1. The first kappa shape index (κ1) is 23.0. The highest BCUT2D eigenvalue weighted by atomic mass is 127. The van der Waals surface area contributed by atoms with Crippen molar-refractivity contribution in [2.75, 3.05) is 13.1 Å². The molecule has 0 aliphatic heterocycles. The fourth-order valence-electron chi connectivity index (χ4n) is 3.05. The van der Waals surface area contributed by atoms with Crippen LogP contribution in [-0.4, -0.2) is 37.3 Å². The molecule has 0 atom stereocenters. The normalized spacial score (nSPS) is 20.5. The minimum Gasteiger partial charge on any atom is -0.469 e. The molecular weight excluding hydrogens is 441 g/mol. The van der Waals surface area contributed by atoms with Crippen molar-refractivity contribution in [3.05, 3.63) is 36.3 Å².